The number of nitrogens with one attached hydrogen (secondary N) is 2. The van der Waals surface area contributed by atoms with E-state index in [1.807, 2.05) is 7.05 Å². The van der Waals surface area contributed by atoms with Crippen molar-refractivity contribution < 1.29 is 0 Å². The number of halogens is 1. The molecule has 2 N–H and O–H groups in total. The van der Waals surface area contributed by atoms with E-state index < -0.39 is 0 Å². The maximum absolute atomic E-state index is 4.17. The Morgan fingerprint density at radius 1 is 1.17 bits per heavy atom. The number of hydrogen-bond donors (Lipinski definition) is 2. The molecule has 130 valence electrons. The molecule has 0 atom stereocenters. The van der Waals surface area contributed by atoms with Gasteiger partial charge in [0, 0.05) is 33.2 Å². The van der Waals surface area contributed by atoms with Crippen molar-refractivity contribution in [2.24, 2.45) is 4.99 Å². The third-order valence-corrected chi connectivity index (χ3v) is 4.64. The molecule has 0 radical (unpaired) electrons. The monoisotopic (exact) mass is 430 g/mol. The van der Waals surface area contributed by atoms with E-state index in [1.54, 1.807) is 7.05 Å². The normalized spacial score (nSPS) is 16.1. The lowest BCUT2D eigenvalue weighted by atomic mass is 9.94. The lowest BCUT2D eigenvalue weighted by molar-refractivity contribution is 0.184. The summed E-state index contributed by atoms with van der Waals surface area (Å²) in [5, 5.41) is 6.41. The van der Waals surface area contributed by atoms with Gasteiger partial charge in [-0.3, -0.25) is 9.89 Å². The average Bonchev–Trinajstić information content (AvgIpc) is 2.58. The molecule has 1 aromatic carbocycles. The Bertz CT molecular complexity index is 484. The van der Waals surface area contributed by atoms with Crippen LogP contribution >= 0.6 is 24.0 Å². The van der Waals surface area contributed by atoms with Crippen molar-refractivity contribution in [3.8, 4) is 0 Å². The highest BCUT2D eigenvalue weighted by molar-refractivity contribution is 14.0. The molecule has 1 aliphatic carbocycles. The lowest BCUT2D eigenvalue weighted by Gasteiger charge is -2.31. The molecule has 0 saturated heterocycles. The van der Waals surface area contributed by atoms with E-state index in [1.165, 1.54) is 43.2 Å². The van der Waals surface area contributed by atoms with E-state index in [-0.39, 0.29) is 24.0 Å². The van der Waals surface area contributed by atoms with Crippen LogP contribution in [0.5, 0.6) is 0 Å². The number of guanidine groups is 1. The number of aliphatic imine (C=N–C) groups is 1. The summed E-state index contributed by atoms with van der Waals surface area (Å²) in [6, 6.07) is 9.46. The maximum Gasteiger partial charge on any atom is 0.190 e. The highest BCUT2D eigenvalue weighted by Crippen LogP contribution is 2.23. The van der Waals surface area contributed by atoms with Gasteiger partial charge in [0.05, 0.1) is 0 Å². The molecule has 4 nitrogen and oxygen atoms in total. The molecule has 23 heavy (non-hydrogen) atoms. The van der Waals surface area contributed by atoms with Crippen LogP contribution in [0.1, 0.15) is 43.2 Å². The van der Waals surface area contributed by atoms with E-state index in [0.717, 1.165) is 25.1 Å². The van der Waals surface area contributed by atoms with Crippen molar-refractivity contribution >= 4 is 29.9 Å². The topological polar surface area (TPSA) is 39.7 Å². The van der Waals surface area contributed by atoms with Gasteiger partial charge in [0.15, 0.2) is 5.96 Å². The summed E-state index contributed by atoms with van der Waals surface area (Å²) in [5.74, 6) is 0.829. The second kappa shape index (κ2) is 10.9. The third kappa shape index (κ3) is 6.30. The minimum Gasteiger partial charge on any atom is -0.359 e. The predicted molar refractivity (Wildman–Crippen MR) is 109 cm³/mol. The van der Waals surface area contributed by atoms with Gasteiger partial charge in [0.25, 0.3) is 0 Å². The van der Waals surface area contributed by atoms with E-state index >= 15 is 0 Å². The Morgan fingerprint density at radius 3 is 2.43 bits per heavy atom. The fourth-order valence-electron chi connectivity index (χ4n) is 3.26. The fourth-order valence-corrected chi connectivity index (χ4v) is 3.26. The molecule has 0 amide bonds. The SMILES string of the molecule is CN=C(NC)NCc1ccccc1CN(C)C1CCCCC1.I. The van der Waals surface area contributed by atoms with Crippen LogP contribution in [-0.2, 0) is 13.1 Å². The smallest absolute Gasteiger partial charge is 0.190 e. The zero-order valence-electron chi connectivity index (χ0n) is 14.6. The molecule has 1 aromatic rings. The van der Waals surface area contributed by atoms with Gasteiger partial charge in [-0.05, 0) is 31.0 Å². The quantitative estimate of drug-likeness (QED) is 0.428. The third-order valence-electron chi connectivity index (χ3n) is 4.64. The van der Waals surface area contributed by atoms with Crippen LogP contribution in [0.3, 0.4) is 0 Å². The van der Waals surface area contributed by atoms with Crippen LogP contribution in [0.25, 0.3) is 0 Å². The van der Waals surface area contributed by atoms with Gasteiger partial charge in [-0.25, -0.2) is 0 Å². The molecule has 1 fully saturated rings. The van der Waals surface area contributed by atoms with Crippen LogP contribution < -0.4 is 10.6 Å². The Hall–Kier alpha value is -0.820. The minimum atomic E-state index is 0. The second-order valence-corrected chi connectivity index (χ2v) is 6.15. The van der Waals surface area contributed by atoms with Gasteiger partial charge in [-0.2, -0.15) is 0 Å². The zero-order valence-corrected chi connectivity index (χ0v) is 17.0. The van der Waals surface area contributed by atoms with Crippen LogP contribution in [-0.4, -0.2) is 38.0 Å². The minimum absolute atomic E-state index is 0. The molecule has 1 saturated carbocycles. The summed E-state index contributed by atoms with van der Waals surface area (Å²) in [6.07, 6.45) is 6.88. The number of hydrogen-bond acceptors (Lipinski definition) is 2. The summed E-state index contributed by atoms with van der Waals surface area (Å²) in [6.45, 7) is 1.84. The van der Waals surface area contributed by atoms with Crippen molar-refractivity contribution in [2.45, 2.75) is 51.2 Å². The summed E-state index contributed by atoms with van der Waals surface area (Å²) < 4.78 is 0. The second-order valence-electron chi connectivity index (χ2n) is 6.15. The summed E-state index contributed by atoms with van der Waals surface area (Å²) in [7, 11) is 5.95. The Morgan fingerprint density at radius 2 is 1.83 bits per heavy atom. The fraction of sp³-hybridized carbons (Fsp3) is 0.611. The van der Waals surface area contributed by atoms with Gasteiger partial charge in [0.2, 0.25) is 0 Å². The molecule has 2 rings (SSSR count). The largest absolute Gasteiger partial charge is 0.359 e. The van der Waals surface area contributed by atoms with Crippen molar-refractivity contribution in [1.29, 1.82) is 0 Å². The first-order valence-corrected chi connectivity index (χ1v) is 8.40. The van der Waals surface area contributed by atoms with Crippen molar-refractivity contribution in [3.05, 3.63) is 35.4 Å². The number of nitrogens with zero attached hydrogens (tertiary/aromatic N) is 2. The first kappa shape index (κ1) is 20.2. The lowest BCUT2D eigenvalue weighted by Crippen LogP contribution is -2.35. The average molecular weight is 430 g/mol. The Balaban J connectivity index is 0.00000264. The summed E-state index contributed by atoms with van der Waals surface area (Å²) in [5.41, 5.74) is 2.76. The highest BCUT2D eigenvalue weighted by Gasteiger charge is 2.18. The van der Waals surface area contributed by atoms with E-state index in [4.69, 9.17) is 0 Å². The van der Waals surface area contributed by atoms with Crippen LogP contribution in [0.2, 0.25) is 0 Å². The highest BCUT2D eigenvalue weighted by atomic mass is 127. The molecular formula is C18H31IN4. The van der Waals surface area contributed by atoms with Crippen LogP contribution in [0.15, 0.2) is 29.3 Å². The van der Waals surface area contributed by atoms with Gasteiger partial charge < -0.3 is 10.6 Å². The molecule has 1 aliphatic rings. The van der Waals surface area contributed by atoms with E-state index in [9.17, 15) is 0 Å². The van der Waals surface area contributed by atoms with Crippen LogP contribution in [0, 0.1) is 0 Å². The molecule has 0 aromatic heterocycles. The molecule has 5 heteroatoms. The van der Waals surface area contributed by atoms with Gasteiger partial charge >= 0.3 is 0 Å². The predicted octanol–water partition coefficient (Wildman–Crippen LogP) is 3.36. The van der Waals surface area contributed by atoms with E-state index in [2.05, 4.69) is 51.8 Å². The summed E-state index contributed by atoms with van der Waals surface area (Å²) in [4.78, 5) is 6.70. The number of benzene rings is 1. The molecule has 0 spiro atoms. The Kier molecular flexibility index (Phi) is 9.55. The molecule has 0 aliphatic heterocycles. The van der Waals surface area contributed by atoms with Crippen molar-refractivity contribution in [2.75, 3.05) is 21.1 Å². The maximum atomic E-state index is 4.17. The molecule has 0 heterocycles. The first-order chi connectivity index (χ1) is 10.7. The standard InChI is InChI=1S/C18H30N4.HI/c1-19-18(20-2)21-13-15-9-7-8-10-16(15)14-22(3)17-11-5-4-6-12-17;/h7-10,17H,4-6,11-14H2,1-3H3,(H2,19,20,21);1H. The summed E-state index contributed by atoms with van der Waals surface area (Å²) >= 11 is 0. The van der Waals surface area contributed by atoms with Crippen molar-refractivity contribution in [3.63, 3.8) is 0 Å². The van der Waals surface area contributed by atoms with Gasteiger partial charge in [0.1, 0.15) is 0 Å². The molecule has 0 unspecified atom stereocenters. The van der Waals surface area contributed by atoms with Gasteiger partial charge in [-0.15, -0.1) is 24.0 Å². The van der Waals surface area contributed by atoms with Crippen molar-refractivity contribution in [1.82, 2.24) is 15.5 Å². The van der Waals surface area contributed by atoms with Gasteiger partial charge in [-0.1, -0.05) is 43.5 Å². The zero-order chi connectivity index (χ0) is 15.8. The molecule has 0 bridgehead atoms. The van der Waals surface area contributed by atoms with E-state index in [0.29, 0.717) is 0 Å². The molecular weight excluding hydrogens is 399 g/mol. The number of rotatable bonds is 5. The first-order valence-electron chi connectivity index (χ1n) is 8.40. The van der Waals surface area contributed by atoms with Crippen LogP contribution in [0.4, 0.5) is 0 Å². The Labute approximate surface area is 158 Å².